The van der Waals surface area contributed by atoms with Crippen LogP contribution in [0.15, 0.2) is 0 Å². The van der Waals surface area contributed by atoms with Crippen molar-refractivity contribution in [1.82, 2.24) is 4.31 Å². The molecule has 1 atom stereocenters. The van der Waals surface area contributed by atoms with Crippen LogP contribution in [0.2, 0.25) is 0 Å². The van der Waals surface area contributed by atoms with Crippen LogP contribution in [0.5, 0.6) is 0 Å². The van der Waals surface area contributed by atoms with E-state index in [9.17, 15) is 4.79 Å². The Kier molecular flexibility index (Phi) is 3.04. The van der Waals surface area contributed by atoms with Gasteiger partial charge in [-0.3, -0.25) is 9.10 Å². The first-order valence-corrected chi connectivity index (χ1v) is 6.17. The number of carbonyl (C=O) groups excluding carboxylic acids is 1. The third-order valence-electron chi connectivity index (χ3n) is 2.72. The Morgan fingerprint density at radius 2 is 2.00 bits per heavy atom. The zero-order chi connectivity index (χ0) is 9.26. The van der Waals surface area contributed by atoms with E-state index in [1.54, 1.807) is 0 Å². The number of hydrogen-bond donors (Lipinski definition) is 0. The van der Waals surface area contributed by atoms with Crippen LogP contribution < -0.4 is 0 Å². The number of rotatable bonds is 1. The lowest BCUT2D eigenvalue weighted by molar-refractivity contribution is -0.126. The largest absolute Gasteiger partial charge is 0.282 e. The number of hydrogen-bond acceptors (Lipinski definition) is 2. The van der Waals surface area contributed by atoms with E-state index in [0.29, 0.717) is 12.5 Å². The van der Waals surface area contributed by atoms with Crippen molar-refractivity contribution < 1.29 is 4.79 Å². The summed E-state index contributed by atoms with van der Waals surface area (Å²) in [5.74, 6) is 0.233. The molecule has 1 unspecified atom stereocenters. The van der Waals surface area contributed by atoms with Gasteiger partial charge in [0.1, 0.15) is 4.71 Å². The maximum atomic E-state index is 11.5. The fourth-order valence-electron chi connectivity index (χ4n) is 2.05. The minimum absolute atomic E-state index is 0.0190. The van der Waals surface area contributed by atoms with Crippen LogP contribution in [0.25, 0.3) is 0 Å². The van der Waals surface area contributed by atoms with Crippen molar-refractivity contribution in [3.8, 4) is 0 Å². The summed E-state index contributed by atoms with van der Waals surface area (Å²) in [5, 5.41) is 0. The van der Waals surface area contributed by atoms with Gasteiger partial charge in [0.15, 0.2) is 0 Å². The number of alkyl halides is 1. The maximum absolute atomic E-state index is 11.5. The van der Waals surface area contributed by atoms with Gasteiger partial charge < -0.3 is 0 Å². The molecule has 1 aliphatic heterocycles. The molecule has 1 saturated heterocycles. The smallest absolute Gasteiger partial charge is 0.235 e. The van der Waals surface area contributed by atoms with Crippen LogP contribution in [-0.2, 0) is 4.79 Å². The molecule has 0 aromatic rings. The first-order chi connectivity index (χ1) is 6.27. The van der Waals surface area contributed by atoms with E-state index < -0.39 is 0 Å². The van der Waals surface area contributed by atoms with Crippen molar-refractivity contribution in [1.29, 1.82) is 0 Å². The van der Waals surface area contributed by atoms with Gasteiger partial charge in [0.25, 0.3) is 0 Å². The molecule has 1 heterocycles. The molecule has 4 heteroatoms. The van der Waals surface area contributed by atoms with Crippen LogP contribution in [0.3, 0.4) is 0 Å². The van der Waals surface area contributed by atoms with Gasteiger partial charge in [-0.1, -0.05) is 19.3 Å². The summed E-state index contributed by atoms with van der Waals surface area (Å²) in [6.07, 6.45) is 6.71. The van der Waals surface area contributed by atoms with Gasteiger partial charge in [-0.2, -0.15) is 0 Å². The molecule has 1 amide bonds. The van der Waals surface area contributed by atoms with Crippen molar-refractivity contribution in [3.05, 3.63) is 0 Å². The predicted octanol–water partition coefficient (Wildman–Crippen LogP) is 2.76. The molecule has 0 N–H and O–H groups in total. The molecular weight excluding hydrogens is 206 g/mol. The van der Waals surface area contributed by atoms with E-state index in [0.717, 1.165) is 0 Å². The van der Waals surface area contributed by atoms with Gasteiger partial charge in [-0.15, -0.1) is 11.6 Å². The monoisotopic (exact) mass is 219 g/mol. The fourth-order valence-corrected chi connectivity index (χ4v) is 3.48. The lowest BCUT2D eigenvalue weighted by atomic mass is 9.95. The Bertz CT molecular complexity index is 206. The summed E-state index contributed by atoms with van der Waals surface area (Å²) < 4.78 is 1.91. The minimum Gasteiger partial charge on any atom is -0.282 e. The molecule has 2 rings (SSSR count). The molecule has 0 aromatic carbocycles. The second-order valence-electron chi connectivity index (χ2n) is 3.73. The quantitative estimate of drug-likeness (QED) is 0.499. The minimum atomic E-state index is -0.0190. The molecule has 1 saturated carbocycles. The van der Waals surface area contributed by atoms with Crippen LogP contribution >= 0.6 is 23.5 Å². The van der Waals surface area contributed by atoms with Crippen molar-refractivity contribution >= 4 is 29.5 Å². The van der Waals surface area contributed by atoms with Crippen molar-refractivity contribution in [2.24, 2.45) is 0 Å². The maximum Gasteiger partial charge on any atom is 0.235 e. The Morgan fingerprint density at radius 1 is 1.31 bits per heavy atom. The zero-order valence-corrected chi connectivity index (χ0v) is 9.11. The van der Waals surface area contributed by atoms with Gasteiger partial charge in [-0.25, -0.2) is 0 Å². The highest BCUT2D eigenvalue weighted by Gasteiger charge is 2.34. The Hall–Kier alpha value is 0.110. The third kappa shape index (κ3) is 2.13. The van der Waals surface area contributed by atoms with Crippen molar-refractivity contribution in [3.63, 3.8) is 0 Å². The average Bonchev–Trinajstić information content (AvgIpc) is 2.47. The van der Waals surface area contributed by atoms with Crippen LogP contribution in [0.1, 0.15) is 38.5 Å². The highest BCUT2D eigenvalue weighted by Crippen LogP contribution is 2.37. The standard InChI is InChI=1S/C9H14ClNOS/c10-8-6-9(12)11(13-8)7-4-2-1-3-5-7/h7-8H,1-6H2. The fraction of sp³-hybridized carbons (Fsp3) is 0.889. The lowest BCUT2D eigenvalue weighted by Crippen LogP contribution is -2.32. The predicted molar refractivity (Wildman–Crippen MR) is 55.6 cm³/mol. The third-order valence-corrected chi connectivity index (χ3v) is 4.23. The van der Waals surface area contributed by atoms with Gasteiger partial charge >= 0.3 is 0 Å². The number of halogens is 1. The van der Waals surface area contributed by atoms with Crippen LogP contribution in [0.4, 0.5) is 0 Å². The Morgan fingerprint density at radius 3 is 2.54 bits per heavy atom. The van der Waals surface area contributed by atoms with Crippen molar-refractivity contribution in [2.45, 2.75) is 49.3 Å². The average molecular weight is 220 g/mol. The lowest BCUT2D eigenvalue weighted by Gasteiger charge is -2.29. The molecule has 2 nitrogen and oxygen atoms in total. The highest BCUT2D eigenvalue weighted by molar-refractivity contribution is 7.99. The molecule has 13 heavy (non-hydrogen) atoms. The van der Waals surface area contributed by atoms with Gasteiger partial charge in [0.05, 0.1) is 6.42 Å². The molecule has 2 fully saturated rings. The second kappa shape index (κ2) is 4.09. The molecule has 0 aromatic heterocycles. The molecule has 0 radical (unpaired) electrons. The summed E-state index contributed by atoms with van der Waals surface area (Å²) in [7, 11) is 0. The summed E-state index contributed by atoms with van der Waals surface area (Å²) in [6, 6.07) is 0.468. The Balaban J connectivity index is 1.95. The van der Waals surface area contributed by atoms with E-state index in [1.807, 2.05) is 4.31 Å². The number of amides is 1. The van der Waals surface area contributed by atoms with E-state index in [-0.39, 0.29) is 10.6 Å². The normalized spacial score (nSPS) is 31.3. The summed E-state index contributed by atoms with van der Waals surface area (Å²) in [5.41, 5.74) is 0. The van der Waals surface area contributed by atoms with E-state index in [4.69, 9.17) is 11.6 Å². The van der Waals surface area contributed by atoms with E-state index in [1.165, 1.54) is 44.1 Å². The number of carbonyl (C=O) groups is 1. The molecular formula is C9H14ClNOS. The molecule has 2 aliphatic rings. The summed E-state index contributed by atoms with van der Waals surface area (Å²) >= 11 is 7.45. The SMILES string of the molecule is O=C1CC(Cl)SN1C1CCCCC1. The highest BCUT2D eigenvalue weighted by atomic mass is 35.5. The van der Waals surface area contributed by atoms with Gasteiger partial charge in [-0.05, 0) is 24.8 Å². The van der Waals surface area contributed by atoms with Crippen molar-refractivity contribution in [2.75, 3.05) is 0 Å². The van der Waals surface area contributed by atoms with Crippen LogP contribution in [-0.4, -0.2) is 21.0 Å². The molecule has 1 aliphatic carbocycles. The van der Waals surface area contributed by atoms with Gasteiger partial charge in [0, 0.05) is 6.04 Å². The zero-order valence-electron chi connectivity index (χ0n) is 7.54. The summed E-state index contributed by atoms with van der Waals surface area (Å²) in [4.78, 5) is 11.5. The molecule has 0 spiro atoms. The second-order valence-corrected chi connectivity index (χ2v) is 5.69. The molecule has 74 valence electrons. The first-order valence-electron chi connectivity index (χ1n) is 4.90. The van der Waals surface area contributed by atoms with E-state index >= 15 is 0 Å². The molecule has 0 bridgehead atoms. The first kappa shape index (κ1) is 9.66. The Labute approximate surface area is 88.1 Å². The number of nitrogens with zero attached hydrogens (tertiary/aromatic N) is 1. The van der Waals surface area contributed by atoms with Gasteiger partial charge in [0.2, 0.25) is 5.91 Å². The summed E-state index contributed by atoms with van der Waals surface area (Å²) in [6.45, 7) is 0. The van der Waals surface area contributed by atoms with E-state index in [2.05, 4.69) is 0 Å². The van der Waals surface area contributed by atoms with Crippen LogP contribution in [0, 0.1) is 0 Å². The topological polar surface area (TPSA) is 20.3 Å².